The molecular formula is C28H25N3O2. The van der Waals surface area contributed by atoms with Crippen molar-refractivity contribution in [1.29, 1.82) is 0 Å². The fraction of sp³-hybridized carbons (Fsp3) is 0.214. The fourth-order valence-corrected chi connectivity index (χ4v) is 4.32. The Bertz CT molecular complexity index is 1270. The minimum Gasteiger partial charge on any atom is -0.439 e. The topological polar surface area (TPSA) is 45.7 Å². The van der Waals surface area contributed by atoms with Gasteiger partial charge in [-0.1, -0.05) is 30.0 Å². The second-order valence-corrected chi connectivity index (χ2v) is 8.18. The molecule has 1 atom stereocenters. The first-order valence-corrected chi connectivity index (χ1v) is 10.6. The van der Waals surface area contributed by atoms with Crippen LogP contribution < -0.4 is 9.80 Å². The third-order valence-electron chi connectivity index (χ3n) is 5.92. The highest BCUT2D eigenvalue weighted by atomic mass is 16.6. The summed E-state index contributed by atoms with van der Waals surface area (Å²) in [5.74, 6) is 4.92. The lowest BCUT2D eigenvalue weighted by atomic mass is 9.80. The van der Waals surface area contributed by atoms with E-state index < -0.39 is 5.60 Å². The molecule has 0 bridgehead atoms. The number of carbonyl (C=O) groups excluding carboxylic acids is 1. The van der Waals surface area contributed by atoms with Crippen LogP contribution >= 0.6 is 0 Å². The van der Waals surface area contributed by atoms with Crippen LogP contribution in [-0.4, -0.2) is 38.1 Å². The van der Waals surface area contributed by atoms with Crippen LogP contribution in [0.3, 0.4) is 0 Å². The number of carbonyl (C=O) groups is 1. The maximum Gasteiger partial charge on any atom is 0.341 e. The first-order valence-electron chi connectivity index (χ1n) is 10.6. The third kappa shape index (κ3) is 3.69. The van der Waals surface area contributed by atoms with Crippen molar-refractivity contribution < 1.29 is 9.53 Å². The highest BCUT2D eigenvalue weighted by Gasteiger charge is 2.50. The summed E-state index contributed by atoms with van der Waals surface area (Å²) < 4.78 is 6.17. The van der Waals surface area contributed by atoms with E-state index in [0.717, 1.165) is 28.1 Å². The lowest BCUT2D eigenvalue weighted by Crippen LogP contribution is -2.32. The van der Waals surface area contributed by atoms with Crippen LogP contribution in [-0.2, 0) is 10.3 Å². The average Bonchev–Trinajstić information content (AvgIpc) is 3.12. The van der Waals surface area contributed by atoms with E-state index in [0.29, 0.717) is 24.3 Å². The Balaban J connectivity index is 1.92. The van der Waals surface area contributed by atoms with Crippen molar-refractivity contribution in [1.82, 2.24) is 4.98 Å². The SMILES string of the molecule is C#CCN(CC#C)c1ccc(C2(c3ccc(N(C)C)cc3)OC(=O)c3cccnc32)c(C)c1. The van der Waals surface area contributed by atoms with Gasteiger partial charge >= 0.3 is 5.97 Å². The van der Waals surface area contributed by atoms with Crippen LogP contribution in [0.15, 0.2) is 60.8 Å². The van der Waals surface area contributed by atoms with Gasteiger partial charge in [-0.25, -0.2) is 4.79 Å². The van der Waals surface area contributed by atoms with Gasteiger partial charge in [0.15, 0.2) is 0 Å². The van der Waals surface area contributed by atoms with Crippen LogP contribution in [0.25, 0.3) is 0 Å². The van der Waals surface area contributed by atoms with Gasteiger partial charge in [0.1, 0.15) is 5.69 Å². The van der Waals surface area contributed by atoms with Crippen LogP contribution in [0.2, 0.25) is 0 Å². The van der Waals surface area contributed by atoms with Gasteiger partial charge in [0.25, 0.3) is 0 Å². The molecule has 0 amide bonds. The molecule has 1 aliphatic rings. The summed E-state index contributed by atoms with van der Waals surface area (Å²) in [6, 6.07) is 17.5. The van der Waals surface area contributed by atoms with E-state index in [2.05, 4.69) is 16.8 Å². The van der Waals surface area contributed by atoms with Crippen molar-refractivity contribution in [3.8, 4) is 24.7 Å². The lowest BCUT2D eigenvalue weighted by Gasteiger charge is -2.32. The van der Waals surface area contributed by atoms with Crippen molar-refractivity contribution >= 4 is 17.3 Å². The van der Waals surface area contributed by atoms with Crippen molar-refractivity contribution in [2.24, 2.45) is 0 Å². The number of cyclic esters (lactones) is 1. The molecule has 164 valence electrons. The molecule has 0 N–H and O–H groups in total. The number of ether oxygens (including phenoxy) is 1. The van der Waals surface area contributed by atoms with E-state index in [9.17, 15) is 4.79 Å². The molecule has 2 aromatic carbocycles. The number of benzene rings is 2. The van der Waals surface area contributed by atoms with Crippen molar-refractivity contribution in [3.05, 3.63) is 88.7 Å². The largest absolute Gasteiger partial charge is 0.439 e. The Kier molecular flexibility index (Phi) is 5.82. The van der Waals surface area contributed by atoms with Crippen molar-refractivity contribution in [3.63, 3.8) is 0 Å². The standard InChI is InChI=1S/C28H25N3O2/c1-6-17-31(18-7-2)23-14-15-25(20(3)19-23)28(21-10-12-22(13-11-21)30(4)5)26-24(27(32)33-28)9-8-16-29-26/h1-2,8-16,19H,17-18H2,3-5H3. The van der Waals surface area contributed by atoms with E-state index in [1.807, 2.05) is 73.3 Å². The van der Waals surface area contributed by atoms with Gasteiger partial charge < -0.3 is 14.5 Å². The molecule has 3 aromatic rings. The van der Waals surface area contributed by atoms with E-state index in [1.54, 1.807) is 18.3 Å². The predicted octanol–water partition coefficient (Wildman–Crippen LogP) is 3.99. The maximum absolute atomic E-state index is 12.9. The monoisotopic (exact) mass is 435 g/mol. The number of nitrogens with zero attached hydrogens (tertiary/aromatic N) is 3. The number of rotatable bonds is 6. The molecule has 2 heterocycles. The summed E-state index contributed by atoms with van der Waals surface area (Å²) in [7, 11) is 3.97. The quantitative estimate of drug-likeness (QED) is 0.433. The Labute approximate surface area is 195 Å². The number of aryl methyl sites for hydroxylation is 1. The smallest absolute Gasteiger partial charge is 0.341 e. The number of fused-ring (bicyclic) bond motifs is 1. The summed E-state index contributed by atoms with van der Waals surface area (Å²) in [6.07, 6.45) is 12.8. The van der Waals surface area contributed by atoms with Gasteiger partial charge in [-0.2, -0.15) is 0 Å². The second kappa shape index (κ2) is 8.73. The van der Waals surface area contributed by atoms with Gasteiger partial charge in [-0.3, -0.25) is 4.98 Å². The molecule has 0 saturated carbocycles. The zero-order chi connectivity index (χ0) is 23.6. The van der Waals surface area contributed by atoms with Crippen LogP contribution in [0, 0.1) is 31.6 Å². The zero-order valence-electron chi connectivity index (χ0n) is 19.0. The summed E-state index contributed by atoms with van der Waals surface area (Å²) in [5, 5.41) is 0. The third-order valence-corrected chi connectivity index (χ3v) is 5.92. The molecule has 5 nitrogen and oxygen atoms in total. The minimum atomic E-state index is -1.15. The van der Waals surface area contributed by atoms with E-state index in [1.165, 1.54) is 0 Å². The Morgan fingerprint density at radius 3 is 2.27 bits per heavy atom. The van der Waals surface area contributed by atoms with Gasteiger partial charge in [-0.05, 0) is 48.9 Å². The van der Waals surface area contributed by atoms with E-state index in [-0.39, 0.29) is 5.97 Å². The first-order chi connectivity index (χ1) is 15.9. The molecule has 4 rings (SSSR count). The molecule has 0 spiro atoms. The van der Waals surface area contributed by atoms with Gasteiger partial charge in [0, 0.05) is 42.8 Å². The maximum atomic E-state index is 12.9. The van der Waals surface area contributed by atoms with Gasteiger partial charge in [0.2, 0.25) is 5.60 Å². The number of esters is 1. The summed E-state index contributed by atoms with van der Waals surface area (Å²) >= 11 is 0. The van der Waals surface area contributed by atoms with E-state index >= 15 is 0 Å². The fourth-order valence-electron chi connectivity index (χ4n) is 4.32. The van der Waals surface area contributed by atoms with Crippen molar-refractivity contribution in [2.75, 3.05) is 37.0 Å². The summed E-state index contributed by atoms with van der Waals surface area (Å²) in [5.41, 5.74) is 4.49. The molecule has 1 unspecified atom stereocenters. The number of aromatic nitrogens is 1. The number of terminal acetylenes is 2. The number of hydrogen-bond acceptors (Lipinski definition) is 5. The van der Waals surface area contributed by atoms with Crippen LogP contribution in [0.4, 0.5) is 11.4 Å². The molecular weight excluding hydrogens is 410 g/mol. The number of anilines is 2. The predicted molar refractivity (Wildman–Crippen MR) is 131 cm³/mol. The average molecular weight is 436 g/mol. The first kappa shape index (κ1) is 22.0. The highest BCUT2D eigenvalue weighted by molar-refractivity contribution is 5.95. The molecule has 0 saturated heterocycles. The molecule has 0 radical (unpaired) electrons. The van der Waals surface area contributed by atoms with Crippen molar-refractivity contribution in [2.45, 2.75) is 12.5 Å². The zero-order valence-corrected chi connectivity index (χ0v) is 19.0. The molecule has 0 fully saturated rings. The molecule has 0 aliphatic carbocycles. The summed E-state index contributed by atoms with van der Waals surface area (Å²) in [4.78, 5) is 21.5. The number of pyridine rings is 1. The highest BCUT2D eigenvalue weighted by Crippen LogP contribution is 2.47. The second-order valence-electron chi connectivity index (χ2n) is 8.18. The van der Waals surface area contributed by atoms with Crippen LogP contribution in [0.5, 0.6) is 0 Å². The lowest BCUT2D eigenvalue weighted by molar-refractivity contribution is 0.0242. The number of hydrogen-bond donors (Lipinski definition) is 0. The van der Waals surface area contributed by atoms with E-state index in [4.69, 9.17) is 17.6 Å². The molecule has 33 heavy (non-hydrogen) atoms. The van der Waals surface area contributed by atoms with Gasteiger partial charge in [-0.15, -0.1) is 12.8 Å². The summed E-state index contributed by atoms with van der Waals surface area (Å²) in [6.45, 7) is 2.80. The molecule has 1 aliphatic heterocycles. The van der Waals surface area contributed by atoms with Crippen LogP contribution in [0.1, 0.15) is 32.7 Å². The van der Waals surface area contributed by atoms with Gasteiger partial charge in [0.05, 0.1) is 18.7 Å². The molecule has 1 aromatic heterocycles. The Morgan fingerprint density at radius 1 is 1.00 bits per heavy atom. The minimum absolute atomic E-state index is 0.389. The normalized spacial score (nSPS) is 16.3. The molecule has 5 heteroatoms. The Hall–Kier alpha value is -4.22. The Morgan fingerprint density at radius 2 is 1.67 bits per heavy atom.